The van der Waals surface area contributed by atoms with E-state index in [1.165, 1.54) is 24.2 Å². The summed E-state index contributed by atoms with van der Waals surface area (Å²) in [6, 6.07) is 2.17. The minimum absolute atomic E-state index is 0.101. The normalized spacial score (nSPS) is 18.1. The molecule has 3 heterocycles. The first-order valence-electron chi connectivity index (χ1n) is 10.8. The van der Waals surface area contributed by atoms with Crippen molar-refractivity contribution in [1.82, 2.24) is 24.8 Å². The standard InChI is InChI=1S/C22H29N7OS/c1-3-17(28-12-10-23-11-13-28)14-24-15-26-21-25-9-8-19(27-21)20-16(2)29(22(30)31-20)18-6-4-5-7-18/h3,8-9,14-15,18,23H,1,4-7,10-13H2,2H3,(H,24,25,26,27)/b17-14+. The van der Waals surface area contributed by atoms with Crippen molar-refractivity contribution in [3.63, 3.8) is 0 Å². The van der Waals surface area contributed by atoms with Gasteiger partial charge in [-0.1, -0.05) is 30.8 Å². The van der Waals surface area contributed by atoms with Crippen LogP contribution >= 0.6 is 11.3 Å². The van der Waals surface area contributed by atoms with Crippen LogP contribution in [0.15, 0.2) is 46.6 Å². The zero-order chi connectivity index (χ0) is 21.6. The zero-order valence-electron chi connectivity index (χ0n) is 17.9. The van der Waals surface area contributed by atoms with Gasteiger partial charge in [0, 0.05) is 44.1 Å². The maximum Gasteiger partial charge on any atom is 0.308 e. The SMILES string of the molecule is C=C/C(=C\N=C\Nc1nccc(-c2sc(=O)n(C3CCCC3)c2C)n1)N1CCNCC1. The molecule has 1 saturated heterocycles. The third kappa shape index (κ3) is 4.94. The number of aliphatic imine (C=N–C) groups is 1. The van der Waals surface area contributed by atoms with Gasteiger partial charge < -0.3 is 15.5 Å². The highest BCUT2D eigenvalue weighted by Gasteiger charge is 2.23. The Bertz CT molecular complexity index is 1030. The number of piperazine rings is 1. The minimum Gasteiger partial charge on any atom is -0.368 e. The summed E-state index contributed by atoms with van der Waals surface area (Å²) in [7, 11) is 0. The molecule has 2 aromatic rings. The van der Waals surface area contributed by atoms with Crippen LogP contribution in [0.4, 0.5) is 5.95 Å². The third-order valence-electron chi connectivity index (χ3n) is 5.82. The van der Waals surface area contributed by atoms with E-state index >= 15 is 0 Å². The predicted molar refractivity (Wildman–Crippen MR) is 127 cm³/mol. The Morgan fingerprint density at radius 2 is 2.13 bits per heavy atom. The van der Waals surface area contributed by atoms with Crippen molar-refractivity contribution < 1.29 is 0 Å². The van der Waals surface area contributed by atoms with Gasteiger partial charge in [0.2, 0.25) is 5.95 Å². The second kappa shape index (κ2) is 10.0. The molecule has 164 valence electrons. The van der Waals surface area contributed by atoms with E-state index in [0.29, 0.717) is 12.0 Å². The molecule has 0 aromatic carbocycles. The lowest BCUT2D eigenvalue weighted by Crippen LogP contribution is -2.42. The lowest BCUT2D eigenvalue weighted by Gasteiger charge is -2.29. The van der Waals surface area contributed by atoms with E-state index in [9.17, 15) is 4.79 Å². The van der Waals surface area contributed by atoms with Crippen molar-refractivity contribution in [2.24, 2.45) is 4.99 Å². The van der Waals surface area contributed by atoms with E-state index in [4.69, 9.17) is 0 Å². The average Bonchev–Trinajstić information content (AvgIpc) is 3.42. The number of nitrogens with zero attached hydrogens (tertiary/aromatic N) is 5. The topological polar surface area (TPSA) is 87.4 Å². The summed E-state index contributed by atoms with van der Waals surface area (Å²) in [6.07, 6.45) is 11.4. The monoisotopic (exact) mass is 439 g/mol. The van der Waals surface area contributed by atoms with Gasteiger partial charge in [0.05, 0.1) is 28.8 Å². The lowest BCUT2D eigenvalue weighted by molar-refractivity contribution is 0.307. The summed E-state index contributed by atoms with van der Waals surface area (Å²) in [6.45, 7) is 9.70. The molecular weight excluding hydrogens is 410 g/mol. The summed E-state index contributed by atoms with van der Waals surface area (Å²) in [5, 5.41) is 6.36. The Balaban J connectivity index is 1.47. The second-order valence-electron chi connectivity index (χ2n) is 7.77. The molecule has 1 saturated carbocycles. The van der Waals surface area contributed by atoms with Gasteiger partial charge in [0.25, 0.3) is 0 Å². The molecule has 0 bridgehead atoms. The molecule has 8 nitrogen and oxygen atoms in total. The van der Waals surface area contributed by atoms with Gasteiger partial charge in [-0.25, -0.2) is 15.0 Å². The predicted octanol–water partition coefficient (Wildman–Crippen LogP) is 3.16. The summed E-state index contributed by atoms with van der Waals surface area (Å²) in [4.78, 5) is 29.1. The summed E-state index contributed by atoms with van der Waals surface area (Å²) < 4.78 is 1.96. The van der Waals surface area contributed by atoms with Crippen LogP contribution in [0.3, 0.4) is 0 Å². The van der Waals surface area contributed by atoms with Crippen molar-refractivity contribution >= 4 is 23.6 Å². The maximum atomic E-state index is 12.6. The maximum absolute atomic E-state index is 12.6. The first-order valence-corrected chi connectivity index (χ1v) is 11.6. The number of hydrogen-bond acceptors (Lipinski definition) is 7. The van der Waals surface area contributed by atoms with Crippen molar-refractivity contribution in [3.8, 4) is 10.6 Å². The Hall–Kier alpha value is -2.78. The summed E-state index contributed by atoms with van der Waals surface area (Å²) in [5.74, 6) is 0.449. The van der Waals surface area contributed by atoms with Gasteiger partial charge in [0.15, 0.2) is 0 Å². The quantitative estimate of drug-likeness (QED) is 0.391. The number of allylic oxidation sites excluding steroid dienone is 1. The van der Waals surface area contributed by atoms with Crippen LogP contribution < -0.4 is 15.5 Å². The Morgan fingerprint density at radius 3 is 2.87 bits per heavy atom. The lowest BCUT2D eigenvalue weighted by atomic mass is 10.2. The molecule has 0 spiro atoms. The molecule has 9 heteroatoms. The Morgan fingerprint density at radius 1 is 1.35 bits per heavy atom. The number of rotatable bonds is 7. The first kappa shape index (κ1) is 21.5. The summed E-state index contributed by atoms with van der Waals surface area (Å²) >= 11 is 1.27. The van der Waals surface area contributed by atoms with E-state index in [0.717, 1.165) is 61.0 Å². The second-order valence-corrected chi connectivity index (χ2v) is 8.74. The number of thiazole rings is 1. The van der Waals surface area contributed by atoms with Crippen LogP contribution in [0.25, 0.3) is 10.6 Å². The highest BCUT2D eigenvalue weighted by atomic mass is 32.1. The molecule has 31 heavy (non-hydrogen) atoms. The molecular formula is C22H29N7OS. The fourth-order valence-corrected chi connectivity index (χ4v) is 5.25. The van der Waals surface area contributed by atoms with Gasteiger partial charge in [0.1, 0.15) is 0 Å². The van der Waals surface area contributed by atoms with Gasteiger partial charge in [-0.05, 0) is 31.9 Å². The number of hydrogen-bond donors (Lipinski definition) is 2. The zero-order valence-corrected chi connectivity index (χ0v) is 18.7. The molecule has 2 N–H and O–H groups in total. The third-order valence-corrected chi connectivity index (χ3v) is 6.90. The van der Waals surface area contributed by atoms with Gasteiger partial charge in [-0.15, -0.1) is 0 Å². The van der Waals surface area contributed by atoms with Crippen LogP contribution in [0.1, 0.15) is 37.4 Å². The van der Waals surface area contributed by atoms with Crippen molar-refractivity contribution in [3.05, 3.63) is 52.2 Å². The smallest absolute Gasteiger partial charge is 0.308 e. The highest BCUT2D eigenvalue weighted by molar-refractivity contribution is 7.13. The van der Waals surface area contributed by atoms with Gasteiger partial charge >= 0.3 is 4.87 Å². The number of anilines is 1. The van der Waals surface area contributed by atoms with Crippen LogP contribution in [-0.4, -0.2) is 52.0 Å². The molecule has 2 fully saturated rings. The molecule has 2 aromatic heterocycles. The van der Waals surface area contributed by atoms with Crippen LogP contribution in [0, 0.1) is 6.92 Å². The molecule has 4 rings (SSSR count). The van der Waals surface area contributed by atoms with E-state index in [1.54, 1.807) is 18.7 Å². The number of aromatic nitrogens is 3. The molecule has 0 radical (unpaired) electrons. The van der Waals surface area contributed by atoms with Gasteiger partial charge in [-0.2, -0.15) is 0 Å². The fraction of sp³-hybridized carbons (Fsp3) is 0.455. The van der Waals surface area contributed by atoms with Crippen LogP contribution in [0.2, 0.25) is 0 Å². The molecule has 0 atom stereocenters. The van der Waals surface area contributed by atoms with E-state index in [-0.39, 0.29) is 4.87 Å². The van der Waals surface area contributed by atoms with E-state index in [1.807, 2.05) is 23.6 Å². The fourth-order valence-electron chi connectivity index (χ4n) is 4.23. The minimum atomic E-state index is 0.101. The largest absolute Gasteiger partial charge is 0.368 e. The van der Waals surface area contributed by atoms with E-state index in [2.05, 4.69) is 37.1 Å². The summed E-state index contributed by atoms with van der Waals surface area (Å²) in [5.41, 5.74) is 2.74. The molecule has 0 amide bonds. The van der Waals surface area contributed by atoms with Crippen molar-refractivity contribution in [2.45, 2.75) is 38.6 Å². The van der Waals surface area contributed by atoms with E-state index < -0.39 is 0 Å². The van der Waals surface area contributed by atoms with Crippen molar-refractivity contribution in [2.75, 3.05) is 31.5 Å². The van der Waals surface area contributed by atoms with Crippen molar-refractivity contribution in [1.29, 1.82) is 0 Å². The average molecular weight is 440 g/mol. The molecule has 1 aliphatic heterocycles. The van der Waals surface area contributed by atoms with Gasteiger partial charge in [-0.3, -0.25) is 9.36 Å². The highest BCUT2D eigenvalue weighted by Crippen LogP contribution is 2.33. The Labute approximate surface area is 186 Å². The first-order chi connectivity index (χ1) is 15.2. The molecule has 1 aliphatic carbocycles. The molecule has 2 aliphatic rings. The number of nitrogens with one attached hydrogen (secondary N) is 2. The van der Waals surface area contributed by atoms with Crippen LogP contribution in [0.5, 0.6) is 0 Å². The molecule has 0 unspecified atom stereocenters. The van der Waals surface area contributed by atoms with Crippen LogP contribution in [-0.2, 0) is 0 Å². The Kier molecular flexibility index (Phi) is 6.93.